The van der Waals surface area contributed by atoms with Crippen LogP contribution in [-0.2, 0) is 16.1 Å². The van der Waals surface area contributed by atoms with Crippen molar-refractivity contribution in [3.8, 4) is 0 Å². The molecule has 0 aliphatic carbocycles. The summed E-state index contributed by atoms with van der Waals surface area (Å²) in [5, 5.41) is 0. The maximum atomic E-state index is 12.3. The van der Waals surface area contributed by atoms with E-state index in [9.17, 15) is 4.79 Å². The van der Waals surface area contributed by atoms with Crippen molar-refractivity contribution in [3.63, 3.8) is 0 Å². The fraction of sp³-hybridized carbons (Fsp3) is 0.267. The maximum Gasteiger partial charge on any atom is 0.254 e. The first kappa shape index (κ1) is 9.95. The number of amides is 1. The molecule has 1 fully saturated rings. The molecule has 0 saturated carbocycles. The highest BCUT2D eigenvalue weighted by molar-refractivity contribution is 6.00. The molecule has 1 atom stereocenters. The Balaban J connectivity index is 1.62. The number of nitrogens with zero attached hydrogens (tertiary/aromatic N) is 1. The van der Waals surface area contributed by atoms with Gasteiger partial charge in [-0.2, -0.15) is 0 Å². The molecule has 0 N–H and O–H groups in total. The molecule has 1 aromatic rings. The van der Waals surface area contributed by atoms with Gasteiger partial charge in [-0.15, -0.1) is 0 Å². The van der Waals surface area contributed by atoms with E-state index in [1.807, 2.05) is 41.3 Å². The number of benzene rings is 1. The molecule has 3 heterocycles. The van der Waals surface area contributed by atoms with Crippen molar-refractivity contribution in [2.45, 2.75) is 18.6 Å². The van der Waals surface area contributed by atoms with Gasteiger partial charge < -0.3 is 9.64 Å². The van der Waals surface area contributed by atoms with Crippen molar-refractivity contribution in [2.24, 2.45) is 0 Å². The molecule has 1 spiro atoms. The van der Waals surface area contributed by atoms with Crippen molar-refractivity contribution >= 4 is 5.91 Å². The number of hydrogen-bond donors (Lipinski definition) is 0. The largest absolute Gasteiger partial charge is 0.480 e. The molecule has 1 amide bonds. The van der Waals surface area contributed by atoms with E-state index in [4.69, 9.17) is 4.74 Å². The molecule has 3 nitrogen and oxygen atoms in total. The van der Waals surface area contributed by atoms with Crippen molar-refractivity contribution in [2.75, 3.05) is 6.54 Å². The Morgan fingerprint density at radius 3 is 2.83 bits per heavy atom. The van der Waals surface area contributed by atoms with Crippen molar-refractivity contribution in [3.05, 3.63) is 59.4 Å². The fourth-order valence-electron chi connectivity index (χ4n) is 3.02. The van der Waals surface area contributed by atoms with Gasteiger partial charge in [0, 0.05) is 13.0 Å². The summed E-state index contributed by atoms with van der Waals surface area (Å²) in [5.74, 6) is 1.000. The van der Waals surface area contributed by atoms with Crippen molar-refractivity contribution in [1.82, 2.24) is 4.90 Å². The van der Waals surface area contributed by atoms with E-state index in [2.05, 4.69) is 6.08 Å². The van der Waals surface area contributed by atoms with Gasteiger partial charge in [-0.3, -0.25) is 4.79 Å². The quantitative estimate of drug-likeness (QED) is 0.790. The first-order chi connectivity index (χ1) is 8.77. The van der Waals surface area contributed by atoms with Gasteiger partial charge in [0.1, 0.15) is 5.76 Å². The molecule has 3 heteroatoms. The molecular weight excluding hydrogens is 226 g/mol. The minimum absolute atomic E-state index is 0.127. The molecule has 1 saturated heterocycles. The zero-order valence-electron chi connectivity index (χ0n) is 9.93. The predicted molar refractivity (Wildman–Crippen MR) is 66.5 cm³/mol. The Morgan fingerprint density at radius 1 is 1.28 bits per heavy atom. The number of hydrogen-bond acceptors (Lipinski definition) is 2. The lowest BCUT2D eigenvalue weighted by atomic mass is 9.92. The van der Waals surface area contributed by atoms with Crippen LogP contribution in [0, 0.1) is 0 Å². The minimum Gasteiger partial charge on any atom is -0.480 e. The van der Waals surface area contributed by atoms with Gasteiger partial charge in [-0.25, -0.2) is 0 Å². The summed E-state index contributed by atoms with van der Waals surface area (Å²) in [4.78, 5) is 14.2. The first-order valence-electron chi connectivity index (χ1n) is 6.21. The number of carbonyl (C=O) groups is 1. The van der Waals surface area contributed by atoms with E-state index in [0.717, 1.165) is 23.3 Å². The van der Waals surface area contributed by atoms with Crippen LogP contribution in [0.1, 0.15) is 12.0 Å². The molecule has 4 rings (SSSR count). The summed E-state index contributed by atoms with van der Waals surface area (Å²) >= 11 is 0. The summed E-state index contributed by atoms with van der Waals surface area (Å²) in [5.41, 5.74) is 1.64. The lowest BCUT2D eigenvalue weighted by molar-refractivity contribution is -0.125. The molecule has 90 valence electrons. The second-order valence-electron chi connectivity index (χ2n) is 5.11. The number of rotatable bonds is 2. The molecule has 18 heavy (non-hydrogen) atoms. The Kier molecular flexibility index (Phi) is 1.80. The Labute approximate surface area is 105 Å². The van der Waals surface area contributed by atoms with Gasteiger partial charge in [0.25, 0.3) is 5.91 Å². The molecule has 0 radical (unpaired) electrons. The second-order valence-corrected chi connectivity index (χ2v) is 5.11. The summed E-state index contributed by atoms with van der Waals surface area (Å²) in [6, 6.07) is 10.1. The SMILES string of the molecule is O=C1C2=CC3=CCC2(CN1Cc1ccccc1)O3. The highest BCUT2D eigenvalue weighted by atomic mass is 16.5. The third kappa shape index (κ3) is 1.22. The van der Waals surface area contributed by atoms with Crippen LogP contribution in [0.3, 0.4) is 0 Å². The van der Waals surface area contributed by atoms with Gasteiger partial charge in [-0.05, 0) is 17.7 Å². The van der Waals surface area contributed by atoms with E-state index < -0.39 is 0 Å². The number of carbonyl (C=O) groups excluding carboxylic acids is 1. The zero-order chi connectivity index (χ0) is 12.2. The molecular formula is C15H13NO2. The van der Waals surface area contributed by atoms with Gasteiger partial charge in [0.05, 0.1) is 12.1 Å². The molecule has 1 unspecified atom stereocenters. The standard InChI is InChI=1S/C15H13NO2/c17-14-13-8-12-6-7-15(13,18-12)10-16(14)9-11-4-2-1-3-5-11/h1-6,8H,7,9-10H2. The molecule has 3 aliphatic heterocycles. The summed E-state index contributed by atoms with van der Waals surface area (Å²) in [7, 11) is 0. The third-order valence-corrected chi connectivity index (χ3v) is 3.90. The van der Waals surface area contributed by atoms with Crippen LogP contribution in [0.2, 0.25) is 0 Å². The van der Waals surface area contributed by atoms with Crippen molar-refractivity contribution in [1.29, 1.82) is 0 Å². The Bertz CT molecular complexity index is 588. The number of ether oxygens (including phenoxy) is 1. The fourth-order valence-corrected chi connectivity index (χ4v) is 3.02. The highest BCUT2D eigenvalue weighted by Crippen LogP contribution is 2.47. The van der Waals surface area contributed by atoms with Crippen LogP contribution < -0.4 is 0 Å². The lowest BCUT2D eigenvalue weighted by Gasteiger charge is -2.22. The normalized spacial score (nSPS) is 28.0. The van der Waals surface area contributed by atoms with E-state index in [1.165, 1.54) is 0 Å². The first-order valence-corrected chi connectivity index (χ1v) is 6.21. The highest BCUT2D eigenvalue weighted by Gasteiger charge is 2.55. The Hall–Kier alpha value is -2.03. The summed E-state index contributed by atoms with van der Waals surface area (Å²) in [6.07, 6.45) is 4.81. The molecule has 1 aromatic carbocycles. The van der Waals surface area contributed by atoms with Crippen LogP contribution in [0.15, 0.2) is 53.8 Å². The lowest BCUT2D eigenvalue weighted by Crippen LogP contribution is -2.32. The van der Waals surface area contributed by atoms with Gasteiger partial charge in [0.2, 0.25) is 0 Å². The van der Waals surface area contributed by atoms with E-state index >= 15 is 0 Å². The zero-order valence-corrected chi connectivity index (χ0v) is 9.93. The van der Waals surface area contributed by atoms with Crippen LogP contribution in [-0.4, -0.2) is 23.0 Å². The average molecular weight is 239 g/mol. The van der Waals surface area contributed by atoms with Gasteiger partial charge in [-0.1, -0.05) is 30.3 Å². The van der Waals surface area contributed by atoms with Crippen LogP contribution >= 0.6 is 0 Å². The van der Waals surface area contributed by atoms with E-state index in [1.54, 1.807) is 0 Å². The average Bonchev–Trinajstić information content (AvgIpc) is 3.02. The monoisotopic (exact) mass is 239 g/mol. The number of fused-ring (bicyclic) bond motifs is 1. The summed E-state index contributed by atoms with van der Waals surface area (Å²) in [6.45, 7) is 1.34. The van der Waals surface area contributed by atoms with E-state index in [0.29, 0.717) is 13.1 Å². The number of likely N-dealkylation sites (tertiary alicyclic amines) is 1. The molecule has 0 aromatic heterocycles. The topological polar surface area (TPSA) is 29.5 Å². The maximum absolute atomic E-state index is 12.3. The third-order valence-electron chi connectivity index (χ3n) is 3.90. The minimum atomic E-state index is -0.360. The molecule has 2 bridgehead atoms. The van der Waals surface area contributed by atoms with Crippen LogP contribution in [0.4, 0.5) is 0 Å². The van der Waals surface area contributed by atoms with Gasteiger partial charge >= 0.3 is 0 Å². The van der Waals surface area contributed by atoms with Gasteiger partial charge in [0.15, 0.2) is 5.60 Å². The van der Waals surface area contributed by atoms with Crippen LogP contribution in [0.5, 0.6) is 0 Å². The molecule has 3 aliphatic rings. The Morgan fingerprint density at radius 2 is 2.11 bits per heavy atom. The smallest absolute Gasteiger partial charge is 0.254 e. The summed E-state index contributed by atoms with van der Waals surface area (Å²) < 4.78 is 5.83. The number of allylic oxidation sites excluding steroid dienone is 1. The predicted octanol–water partition coefficient (Wildman–Crippen LogP) is 2.01. The van der Waals surface area contributed by atoms with Crippen molar-refractivity contribution < 1.29 is 9.53 Å². The van der Waals surface area contributed by atoms with E-state index in [-0.39, 0.29) is 11.5 Å². The second kappa shape index (κ2) is 3.25. The van der Waals surface area contributed by atoms with Crippen LogP contribution in [0.25, 0.3) is 0 Å².